The van der Waals surface area contributed by atoms with E-state index in [1.807, 2.05) is 19.2 Å². The zero-order valence-electron chi connectivity index (χ0n) is 8.20. The van der Waals surface area contributed by atoms with Crippen LogP contribution in [0.3, 0.4) is 0 Å². The first-order chi connectivity index (χ1) is 7.31. The Morgan fingerprint density at radius 3 is 2.80 bits per heavy atom. The molecule has 5 heteroatoms. The second kappa shape index (κ2) is 4.70. The number of pyridine rings is 1. The average molecular weight is 240 g/mol. The number of halogens is 1. The second-order valence-corrected chi connectivity index (χ2v) is 4.61. The van der Waals surface area contributed by atoms with E-state index in [-0.39, 0.29) is 0 Å². The molecule has 0 bridgehead atoms. The minimum absolute atomic E-state index is 0.695. The fraction of sp³-hybridized carbons (Fsp3) is 0.200. The maximum atomic E-state index is 6.07. The summed E-state index contributed by atoms with van der Waals surface area (Å²) >= 11 is 7.57. The Hall–Kier alpha value is -0.970. The van der Waals surface area contributed by atoms with Crippen LogP contribution in [0, 0.1) is 0 Å². The third-order valence-corrected chi connectivity index (χ3v) is 3.31. The highest BCUT2D eigenvalue weighted by Gasteiger charge is 2.09. The van der Waals surface area contributed by atoms with E-state index in [2.05, 4.69) is 15.3 Å². The van der Waals surface area contributed by atoms with Crippen LogP contribution in [-0.4, -0.2) is 17.0 Å². The lowest BCUT2D eigenvalue weighted by atomic mass is 10.3. The zero-order chi connectivity index (χ0) is 10.7. The smallest absolute Gasteiger partial charge is 0.125 e. The molecular weight excluding hydrogens is 230 g/mol. The first kappa shape index (κ1) is 10.5. The van der Waals surface area contributed by atoms with Gasteiger partial charge in [0.2, 0.25) is 0 Å². The van der Waals surface area contributed by atoms with Crippen LogP contribution in [-0.2, 0) is 6.54 Å². The number of thiazole rings is 1. The van der Waals surface area contributed by atoms with Crippen LogP contribution in [0.15, 0.2) is 24.5 Å². The Morgan fingerprint density at radius 2 is 2.13 bits per heavy atom. The van der Waals surface area contributed by atoms with Crippen molar-refractivity contribution in [1.82, 2.24) is 15.3 Å². The van der Waals surface area contributed by atoms with E-state index in [0.717, 1.165) is 20.6 Å². The van der Waals surface area contributed by atoms with E-state index in [4.69, 9.17) is 11.6 Å². The average Bonchev–Trinajstić information content (AvgIpc) is 2.63. The van der Waals surface area contributed by atoms with Gasteiger partial charge < -0.3 is 5.32 Å². The molecule has 2 heterocycles. The lowest BCUT2D eigenvalue weighted by molar-refractivity contribution is 0.798. The van der Waals surface area contributed by atoms with Crippen LogP contribution in [0.4, 0.5) is 0 Å². The summed E-state index contributed by atoms with van der Waals surface area (Å²) in [5.41, 5.74) is 1.95. The van der Waals surface area contributed by atoms with Crippen LogP contribution < -0.4 is 5.32 Å². The summed E-state index contributed by atoms with van der Waals surface area (Å²) in [6.07, 6.45) is 3.50. The van der Waals surface area contributed by atoms with Crippen molar-refractivity contribution in [2.75, 3.05) is 7.05 Å². The van der Waals surface area contributed by atoms with E-state index >= 15 is 0 Å². The number of hydrogen-bond acceptors (Lipinski definition) is 4. The number of aromatic nitrogens is 2. The van der Waals surface area contributed by atoms with Gasteiger partial charge in [-0.1, -0.05) is 11.6 Å². The molecule has 0 unspecified atom stereocenters. The first-order valence-corrected chi connectivity index (χ1v) is 5.71. The molecule has 78 valence electrons. The van der Waals surface area contributed by atoms with Crippen molar-refractivity contribution in [3.63, 3.8) is 0 Å². The van der Waals surface area contributed by atoms with Crippen LogP contribution in [0.25, 0.3) is 10.6 Å². The van der Waals surface area contributed by atoms with Gasteiger partial charge in [0.1, 0.15) is 9.34 Å². The van der Waals surface area contributed by atoms with E-state index < -0.39 is 0 Å². The maximum absolute atomic E-state index is 6.07. The van der Waals surface area contributed by atoms with E-state index in [0.29, 0.717) is 6.54 Å². The molecular formula is C10H10ClN3S. The van der Waals surface area contributed by atoms with Gasteiger partial charge in [-0.05, 0) is 19.2 Å². The molecule has 2 aromatic heterocycles. The molecule has 0 atom stereocenters. The summed E-state index contributed by atoms with van der Waals surface area (Å²) in [6.45, 7) is 0.695. The molecule has 0 radical (unpaired) electrons. The van der Waals surface area contributed by atoms with E-state index in [1.54, 1.807) is 12.4 Å². The molecule has 3 nitrogen and oxygen atoms in total. The Balaban J connectivity index is 2.34. The monoisotopic (exact) mass is 239 g/mol. The van der Waals surface area contributed by atoms with Crippen LogP contribution >= 0.6 is 22.9 Å². The molecule has 2 rings (SSSR count). The van der Waals surface area contributed by atoms with Crippen LogP contribution in [0.1, 0.15) is 5.69 Å². The molecule has 0 saturated heterocycles. The van der Waals surface area contributed by atoms with Crippen molar-refractivity contribution in [1.29, 1.82) is 0 Å². The standard InChI is InChI=1S/C10H10ClN3S/c1-12-6-8-9(11)15-10(14-8)7-2-4-13-5-3-7/h2-5,12H,6H2,1H3. The normalized spacial score (nSPS) is 10.5. The predicted octanol–water partition coefficient (Wildman–Crippen LogP) is 2.58. The fourth-order valence-electron chi connectivity index (χ4n) is 1.23. The van der Waals surface area contributed by atoms with Crippen LogP contribution in [0.2, 0.25) is 4.34 Å². The molecule has 0 amide bonds. The molecule has 0 fully saturated rings. The highest BCUT2D eigenvalue weighted by atomic mass is 35.5. The van der Waals surface area contributed by atoms with Gasteiger partial charge in [-0.3, -0.25) is 4.98 Å². The van der Waals surface area contributed by atoms with Gasteiger partial charge in [0.25, 0.3) is 0 Å². The Morgan fingerprint density at radius 1 is 1.40 bits per heavy atom. The fourth-order valence-corrected chi connectivity index (χ4v) is 2.37. The largest absolute Gasteiger partial charge is 0.314 e. The van der Waals surface area contributed by atoms with Crippen molar-refractivity contribution >= 4 is 22.9 Å². The topological polar surface area (TPSA) is 37.8 Å². The van der Waals surface area contributed by atoms with Gasteiger partial charge in [-0.2, -0.15) is 0 Å². The highest BCUT2D eigenvalue weighted by molar-refractivity contribution is 7.19. The Labute approximate surface area is 97.2 Å². The minimum atomic E-state index is 0.695. The highest BCUT2D eigenvalue weighted by Crippen LogP contribution is 2.31. The number of nitrogens with one attached hydrogen (secondary N) is 1. The zero-order valence-corrected chi connectivity index (χ0v) is 9.77. The summed E-state index contributed by atoms with van der Waals surface area (Å²) in [5, 5.41) is 3.97. The van der Waals surface area contributed by atoms with Crippen molar-refractivity contribution in [2.24, 2.45) is 0 Å². The van der Waals surface area contributed by atoms with Gasteiger partial charge >= 0.3 is 0 Å². The molecule has 2 aromatic rings. The van der Waals surface area contributed by atoms with Crippen molar-refractivity contribution in [2.45, 2.75) is 6.54 Å². The SMILES string of the molecule is CNCc1nc(-c2ccncc2)sc1Cl. The lowest BCUT2D eigenvalue weighted by Gasteiger charge is -1.94. The minimum Gasteiger partial charge on any atom is -0.314 e. The molecule has 0 saturated carbocycles. The van der Waals surface area contributed by atoms with Gasteiger partial charge in [0, 0.05) is 24.5 Å². The molecule has 0 spiro atoms. The van der Waals surface area contributed by atoms with Gasteiger partial charge in [-0.25, -0.2) is 4.98 Å². The molecule has 1 N–H and O–H groups in total. The van der Waals surface area contributed by atoms with Crippen molar-refractivity contribution in [3.8, 4) is 10.6 Å². The van der Waals surface area contributed by atoms with Gasteiger partial charge in [0.05, 0.1) is 5.69 Å². The number of nitrogens with zero attached hydrogens (tertiary/aromatic N) is 2. The third-order valence-electron chi connectivity index (χ3n) is 1.92. The molecule has 0 aromatic carbocycles. The first-order valence-electron chi connectivity index (χ1n) is 4.51. The molecule has 0 aliphatic carbocycles. The molecule has 15 heavy (non-hydrogen) atoms. The van der Waals surface area contributed by atoms with Crippen molar-refractivity contribution < 1.29 is 0 Å². The van der Waals surface area contributed by atoms with E-state index in [1.165, 1.54) is 11.3 Å². The third kappa shape index (κ3) is 2.34. The second-order valence-electron chi connectivity index (χ2n) is 3.01. The Bertz CT molecular complexity index is 441. The quantitative estimate of drug-likeness (QED) is 0.895. The van der Waals surface area contributed by atoms with E-state index in [9.17, 15) is 0 Å². The van der Waals surface area contributed by atoms with Crippen LogP contribution in [0.5, 0.6) is 0 Å². The summed E-state index contributed by atoms with van der Waals surface area (Å²) in [6, 6.07) is 3.86. The summed E-state index contributed by atoms with van der Waals surface area (Å²) in [5.74, 6) is 0. The van der Waals surface area contributed by atoms with Crippen molar-refractivity contribution in [3.05, 3.63) is 34.6 Å². The predicted molar refractivity (Wildman–Crippen MR) is 63.1 cm³/mol. The summed E-state index contributed by atoms with van der Waals surface area (Å²) < 4.78 is 0.746. The van der Waals surface area contributed by atoms with Gasteiger partial charge in [-0.15, -0.1) is 11.3 Å². The summed E-state index contributed by atoms with van der Waals surface area (Å²) in [4.78, 5) is 8.43. The number of hydrogen-bond donors (Lipinski definition) is 1. The number of rotatable bonds is 3. The maximum Gasteiger partial charge on any atom is 0.125 e. The van der Waals surface area contributed by atoms with Gasteiger partial charge in [0.15, 0.2) is 0 Å². The summed E-state index contributed by atoms with van der Waals surface area (Å²) in [7, 11) is 1.88. The lowest BCUT2D eigenvalue weighted by Crippen LogP contribution is -2.05. The molecule has 0 aliphatic heterocycles. The molecule has 0 aliphatic rings. The Kier molecular flexibility index (Phi) is 3.30.